The number of benzene rings is 1. The Kier molecular flexibility index (Phi) is 5.78. The molecular formula is C17H19ClN2O3S2. The van der Waals surface area contributed by atoms with Crippen LogP contribution >= 0.6 is 22.9 Å². The van der Waals surface area contributed by atoms with Gasteiger partial charge in [0, 0.05) is 24.7 Å². The molecule has 1 aliphatic heterocycles. The summed E-state index contributed by atoms with van der Waals surface area (Å²) >= 11 is 7.29. The van der Waals surface area contributed by atoms with Crippen molar-refractivity contribution in [3.8, 4) is 0 Å². The normalized spacial score (nSPS) is 18.8. The molecule has 1 amide bonds. The highest BCUT2D eigenvalue weighted by Gasteiger charge is 2.33. The zero-order chi connectivity index (χ0) is 17.9. The molecule has 1 unspecified atom stereocenters. The summed E-state index contributed by atoms with van der Waals surface area (Å²) in [7, 11) is -3.51. The predicted molar refractivity (Wildman–Crippen MR) is 99.1 cm³/mol. The van der Waals surface area contributed by atoms with Gasteiger partial charge in [0.2, 0.25) is 5.91 Å². The van der Waals surface area contributed by atoms with Gasteiger partial charge >= 0.3 is 0 Å². The number of hydrogen-bond acceptors (Lipinski definition) is 4. The Balaban J connectivity index is 1.63. The molecule has 8 heteroatoms. The Morgan fingerprint density at radius 1 is 1.28 bits per heavy atom. The number of nitrogens with one attached hydrogen (secondary N) is 1. The van der Waals surface area contributed by atoms with Gasteiger partial charge in [0.1, 0.15) is 4.21 Å². The van der Waals surface area contributed by atoms with E-state index in [1.54, 1.807) is 23.6 Å². The van der Waals surface area contributed by atoms with Crippen molar-refractivity contribution in [3.05, 3.63) is 52.4 Å². The zero-order valence-corrected chi connectivity index (χ0v) is 15.9. The molecule has 0 radical (unpaired) electrons. The number of halogens is 1. The molecule has 25 heavy (non-hydrogen) atoms. The third kappa shape index (κ3) is 4.23. The first-order chi connectivity index (χ1) is 12.0. The van der Waals surface area contributed by atoms with Crippen LogP contribution in [0, 0.1) is 5.92 Å². The summed E-state index contributed by atoms with van der Waals surface area (Å²) in [5.74, 6) is -0.475. The Morgan fingerprint density at radius 3 is 2.80 bits per heavy atom. The van der Waals surface area contributed by atoms with Crippen molar-refractivity contribution in [2.45, 2.75) is 23.6 Å². The first-order valence-electron chi connectivity index (χ1n) is 8.03. The number of rotatable bonds is 5. The lowest BCUT2D eigenvalue weighted by atomic mass is 9.99. The van der Waals surface area contributed by atoms with Crippen LogP contribution in [0.2, 0.25) is 5.02 Å². The number of carbonyl (C=O) groups is 1. The van der Waals surface area contributed by atoms with Gasteiger partial charge in [0.25, 0.3) is 10.0 Å². The molecule has 1 atom stereocenters. The topological polar surface area (TPSA) is 66.5 Å². The van der Waals surface area contributed by atoms with Gasteiger partial charge in [-0.05, 0) is 35.9 Å². The molecule has 1 fully saturated rings. The quantitative estimate of drug-likeness (QED) is 0.841. The van der Waals surface area contributed by atoms with Gasteiger partial charge in [-0.15, -0.1) is 11.3 Å². The summed E-state index contributed by atoms with van der Waals surface area (Å²) in [6.07, 6.45) is 1.36. The van der Waals surface area contributed by atoms with E-state index < -0.39 is 10.0 Å². The van der Waals surface area contributed by atoms with E-state index >= 15 is 0 Å². The van der Waals surface area contributed by atoms with E-state index in [2.05, 4.69) is 5.32 Å². The molecule has 0 spiro atoms. The number of nitrogens with zero attached hydrogens (tertiary/aromatic N) is 1. The summed E-state index contributed by atoms with van der Waals surface area (Å²) < 4.78 is 27.0. The Hall–Kier alpha value is -1.41. The molecule has 1 aliphatic rings. The molecule has 0 aliphatic carbocycles. The van der Waals surface area contributed by atoms with E-state index in [1.807, 2.05) is 18.2 Å². The van der Waals surface area contributed by atoms with Crippen molar-refractivity contribution in [2.75, 3.05) is 13.1 Å². The van der Waals surface area contributed by atoms with E-state index in [4.69, 9.17) is 11.6 Å². The lowest BCUT2D eigenvalue weighted by Crippen LogP contribution is -2.45. The van der Waals surface area contributed by atoms with E-state index in [0.29, 0.717) is 35.2 Å². The van der Waals surface area contributed by atoms with Crippen molar-refractivity contribution >= 4 is 38.9 Å². The minimum atomic E-state index is -3.51. The largest absolute Gasteiger partial charge is 0.352 e. The average molecular weight is 399 g/mol. The second-order valence-electron chi connectivity index (χ2n) is 5.94. The molecule has 2 heterocycles. The fourth-order valence-electron chi connectivity index (χ4n) is 2.88. The Morgan fingerprint density at radius 2 is 2.08 bits per heavy atom. The molecular weight excluding hydrogens is 380 g/mol. The maximum absolute atomic E-state index is 12.6. The van der Waals surface area contributed by atoms with E-state index in [-0.39, 0.29) is 18.4 Å². The van der Waals surface area contributed by atoms with Crippen LogP contribution in [0.4, 0.5) is 0 Å². The molecule has 3 rings (SSSR count). The third-order valence-corrected chi connectivity index (χ3v) is 7.86. The van der Waals surface area contributed by atoms with Crippen molar-refractivity contribution in [2.24, 2.45) is 5.92 Å². The Labute approximate surface area is 156 Å². The minimum Gasteiger partial charge on any atom is -0.352 e. The van der Waals surface area contributed by atoms with E-state index in [1.165, 1.54) is 15.6 Å². The van der Waals surface area contributed by atoms with Crippen LogP contribution in [0.5, 0.6) is 0 Å². The van der Waals surface area contributed by atoms with Crippen molar-refractivity contribution < 1.29 is 13.2 Å². The first-order valence-corrected chi connectivity index (χ1v) is 10.7. The molecule has 0 bridgehead atoms. The van der Waals surface area contributed by atoms with Gasteiger partial charge in [0.05, 0.1) is 5.92 Å². The van der Waals surface area contributed by atoms with Crippen LogP contribution in [0.3, 0.4) is 0 Å². The number of hydrogen-bond donors (Lipinski definition) is 1. The Bertz CT molecular complexity index is 837. The van der Waals surface area contributed by atoms with Gasteiger partial charge < -0.3 is 5.32 Å². The van der Waals surface area contributed by atoms with Crippen LogP contribution in [-0.4, -0.2) is 31.7 Å². The number of piperidine rings is 1. The lowest BCUT2D eigenvalue weighted by molar-refractivity contribution is -0.126. The maximum Gasteiger partial charge on any atom is 0.252 e. The van der Waals surface area contributed by atoms with Crippen molar-refractivity contribution in [1.29, 1.82) is 0 Å². The van der Waals surface area contributed by atoms with Crippen LogP contribution in [0.15, 0.2) is 46.0 Å². The second-order valence-corrected chi connectivity index (χ2v) is 9.46. The minimum absolute atomic E-state index is 0.133. The molecule has 2 aromatic rings. The van der Waals surface area contributed by atoms with Crippen molar-refractivity contribution in [1.82, 2.24) is 9.62 Å². The van der Waals surface area contributed by atoms with Gasteiger partial charge in [-0.25, -0.2) is 8.42 Å². The molecule has 1 saturated heterocycles. The molecule has 134 valence electrons. The summed E-state index contributed by atoms with van der Waals surface area (Å²) in [4.78, 5) is 12.5. The molecule has 1 aromatic heterocycles. The van der Waals surface area contributed by atoms with Crippen LogP contribution in [0.25, 0.3) is 0 Å². The zero-order valence-electron chi connectivity index (χ0n) is 13.5. The lowest BCUT2D eigenvalue weighted by Gasteiger charge is -2.30. The van der Waals surface area contributed by atoms with Crippen molar-refractivity contribution in [3.63, 3.8) is 0 Å². The summed E-state index contributed by atoms with van der Waals surface area (Å²) in [5.41, 5.74) is 0.844. The molecule has 5 nitrogen and oxygen atoms in total. The van der Waals surface area contributed by atoms with Crippen LogP contribution < -0.4 is 5.32 Å². The molecule has 1 N–H and O–H groups in total. The van der Waals surface area contributed by atoms with Crippen LogP contribution in [0.1, 0.15) is 18.4 Å². The molecule has 1 aromatic carbocycles. The smallest absolute Gasteiger partial charge is 0.252 e. The van der Waals surface area contributed by atoms with Gasteiger partial charge in [-0.1, -0.05) is 35.9 Å². The fraction of sp³-hybridized carbons (Fsp3) is 0.353. The first kappa shape index (κ1) is 18.4. The van der Waals surface area contributed by atoms with Crippen LogP contribution in [-0.2, 0) is 21.4 Å². The SMILES string of the molecule is O=C(NCc1ccccc1Cl)C1CCCN(S(=O)(=O)c2cccs2)C1. The summed E-state index contributed by atoms with van der Waals surface area (Å²) in [6, 6.07) is 10.7. The number of thiophene rings is 1. The highest BCUT2D eigenvalue weighted by molar-refractivity contribution is 7.91. The van der Waals surface area contributed by atoms with E-state index in [0.717, 1.165) is 5.56 Å². The third-order valence-electron chi connectivity index (χ3n) is 4.26. The monoisotopic (exact) mass is 398 g/mol. The predicted octanol–water partition coefficient (Wildman–Crippen LogP) is 3.12. The highest BCUT2D eigenvalue weighted by atomic mass is 35.5. The highest BCUT2D eigenvalue weighted by Crippen LogP contribution is 2.26. The van der Waals surface area contributed by atoms with Gasteiger partial charge in [-0.3, -0.25) is 4.79 Å². The standard InChI is InChI=1S/C17H19ClN2O3S2/c18-15-7-2-1-5-13(15)11-19-17(21)14-6-3-9-20(12-14)25(22,23)16-8-4-10-24-16/h1-2,4-5,7-8,10,14H,3,6,9,11-12H2,(H,19,21). The fourth-order valence-corrected chi connectivity index (χ4v) is 5.75. The number of sulfonamides is 1. The summed E-state index contributed by atoms with van der Waals surface area (Å²) in [5, 5.41) is 5.22. The average Bonchev–Trinajstić information content (AvgIpc) is 3.16. The second kappa shape index (κ2) is 7.86. The molecule has 0 saturated carbocycles. The maximum atomic E-state index is 12.6. The number of amides is 1. The summed E-state index contributed by atoms with van der Waals surface area (Å²) in [6.45, 7) is 1.01. The number of carbonyl (C=O) groups excluding carboxylic acids is 1. The van der Waals surface area contributed by atoms with Gasteiger partial charge in [0.15, 0.2) is 0 Å². The van der Waals surface area contributed by atoms with Gasteiger partial charge in [-0.2, -0.15) is 4.31 Å². The van der Waals surface area contributed by atoms with E-state index in [9.17, 15) is 13.2 Å².